The fourth-order valence-corrected chi connectivity index (χ4v) is 1.85. The highest BCUT2D eigenvalue weighted by atomic mass is 16.5. The standard InChI is InChI=1S/C16H17N5O2/c1-23-8-4-7-18-15-11-19-14(10-20-15)16(22)21-13-6-3-2-5-12(13)9-17/h2-3,5-6,10-11H,4,7-8H2,1H3,(H,18,20)(H,21,22). The number of ether oxygens (including phenoxy) is 1. The lowest BCUT2D eigenvalue weighted by Crippen LogP contribution is -2.15. The minimum Gasteiger partial charge on any atom is -0.385 e. The Morgan fingerprint density at radius 2 is 2.13 bits per heavy atom. The average Bonchev–Trinajstić information content (AvgIpc) is 2.59. The van der Waals surface area contributed by atoms with E-state index >= 15 is 0 Å². The van der Waals surface area contributed by atoms with Crippen molar-refractivity contribution in [3.63, 3.8) is 0 Å². The molecule has 23 heavy (non-hydrogen) atoms. The second kappa shape index (κ2) is 8.46. The van der Waals surface area contributed by atoms with Crippen LogP contribution in [0.25, 0.3) is 0 Å². The molecule has 0 saturated carbocycles. The van der Waals surface area contributed by atoms with E-state index in [1.54, 1.807) is 31.4 Å². The van der Waals surface area contributed by atoms with Gasteiger partial charge in [0, 0.05) is 20.3 Å². The predicted octanol–water partition coefficient (Wildman–Crippen LogP) is 2.05. The van der Waals surface area contributed by atoms with Crippen molar-refractivity contribution < 1.29 is 9.53 Å². The Balaban J connectivity index is 1.96. The van der Waals surface area contributed by atoms with Crippen molar-refractivity contribution in [2.75, 3.05) is 30.9 Å². The zero-order chi connectivity index (χ0) is 16.5. The summed E-state index contributed by atoms with van der Waals surface area (Å²) in [6, 6.07) is 8.80. The summed E-state index contributed by atoms with van der Waals surface area (Å²) in [6.07, 6.45) is 3.74. The van der Waals surface area contributed by atoms with Gasteiger partial charge in [0.25, 0.3) is 5.91 Å². The molecule has 0 aliphatic heterocycles. The van der Waals surface area contributed by atoms with E-state index in [4.69, 9.17) is 10.00 Å². The molecular weight excluding hydrogens is 294 g/mol. The molecule has 0 atom stereocenters. The van der Waals surface area contributed by atoms with E-state index in [1.807, 2.05) is 6.07 Å². The van der Waals surface area contributed by atoms with Crippen LogP contribution in [0.4, 0.5) is 11.5 Å². The van der Waals surface area contributed by atoms with Crippen LogP contribution < -0.4 is 10.6 Å². The molecule has 0 spiro atoms. The number of para-hydroxylation sites is 1. The van der Waals surface area contributed by atoms with Crippen LogP contribution in [0.1, 0.15) is 22.5 Å². The second-order valence-corrected chi connectivity index (χ2v) is 4.67. The Kier molecular flexibility index (Phi) is 6.03. The van der Waals surface area contributed by atoms with E-state index in [2.05, 4.69) is 20.6 Å². The highest BCUT2D eigenvalue weighted by Crippen LogP contribution is 2.14. The predicted molar refractivity (Wildman–Crippen MR) is 86.1 cm³/mol. The number of carbonyl (C=O) groups excluding carboxylic acids is 1. The van der Waals surface area contributed by atoms with Gasteiger partial charge in [-0.2, -0.15) is 5.26 Å². The Bertz CT molecular complexity index is 694. The summed E-state index contributed by atoms with van der Waals surface area (Å²) in [5.74, 6) is 0.182. The molecule has 1 aromatic heterocycles. The first-order chi connectivity index (χ1) is 11.2. The van der Waals surface area contributed by atoms with Crippen LogP contribution in [0, 0.1) is 11.3 Å². The smallest absolute Gasteiger partial charge is 0.275 e. The van der Waals surface area contributed by atoms with E-state index in [0.29, 0.717) is 30.2 Å². The number of benzene rings is 1. The number of nitrogens with zero attached hydrogens (tertiary/aromatic N) is 3. The molecule has 118 valence electrons. The molecule has 1 heterocycles. The van der Waals surface area contributed by atoms with E-state index in [0.717, 1.165) is 6.42 Å². The number of rotatable bonds is 7. The third kappa shape index (κ3) is 4.76. The zero-order valence-corrected chi connectivity index (χ0v) is 12.7. The van der Waals surface area contributed by atoms with Gasteiger partial charge in [0.05, 0.1) is 23.6 Å². The average molecular weight is 311 g/mol. The first-order valence-electron chi connectivity index (χ1n) is 7.10. The van der Waals surface area contributed by atoms with Crippen molar-refractivity contribution >= 4 is 17.4 Å². The van der Waals surface area contributed by atoms with Crippen LogP contribution in [0.5, 0.6) is 0 Å². The fourth-order valence-electron chi connectivity index (χ4n) is 1.85. The van der Waals surface area contributed by atoms with Crippen molar-refractivity contribution in [3.8, 4) is 6.07 Å². The van der Waals surface area contributed by atoms with Crippen molar-refractivity contribution in [1.29, 1.82) is 5.26 Å². The molecule has 0 fully saturated rings. The van der Waals surface area contributed by atoms with Crippen LogP contribution >= 0.6 is 0 Å². The number of carbonyl (C=O) groups is 1. The summed E-state index contributed by atoms with van der Waals surface area (Å²) in [6.45, 7) is 1.38. The zero-order valence-electron chi connectivity index (χ0n) is 12.7. The summed E-state index contributed by atoms with van der Waals surface area (Å²) in [5.41, 5.74) is 1.02. The Morgan fingerprint density at radius 3 is 2.83 bits per heavy atom. The number of hydrogen-bond donors (Lipinski definition) is 2. The van der Waals surface area contributed by atoms with Gasteiger partial charge in [-0.15, -0.1) is 0 Å². The van der Waals surface area contributed by atoms with Gasteiger partial charge in [0.15, 0.2) is 0 Å². The number of hydrogen-bond acceptors (Lipinski definition) is 6. The quantitative estimate of drug-likeness (QED) is 0.759. The Morgan fingerprint density at radius 1 is 1.30 bits per heavy atom. The minimum atomic E-state index is -0.411. The first kappa shape index (κ1) is 16.4. The van der Waals surface area contributed by atoms with Crippen LogP contribution in [-0.4, -0.2) is 36.1 Å². The monoisotopic (exact) mass is 311 g/mol. The lowest BCUT2D eigenvalue weighted by molar-refractivity contribution is 0.102. The van der Waals surface area contributed by atoms with Gasteiger partial charge in [-0.25, -0.2) is 9.97 Å². The molecule has 0 saturated heterocycles. The molecule has 7 nitrogen and oxygen atoms in total. The van der Waals surface area contributed by atoms with Gasteiger partial charge in [0.2, 0.25) is 0 Å². The summed E-state index contributed by atoms with van der Waals surface area (Å²) in [4.78, 5) is 20.4. The number of amides is 1. The molecule has 0 aliphatic carbocycles. The molecule has 2 N–H and O–H groups in total. The van der Waals surface area contributed by atoms with Crippen molar-refractivity contribution in [1.82, 2.24) is 9.97 Å². The molecule has 0 radical (unpaired) electrons. The van der Waals surface area contributed by atoms with E-state index < -0.39 is 5.91 Å². The number of nitriles is 1. The molecule has 0 bridgehead atoms. The molecule has 1 amide bonds. The Labute approximate surface area is 134 Å². The fraction of sp³-hybridized carbons (Fsp3) is 0.250. The maximum Gasteiger partial charge on any atom is 0.275 e. The molecule has 0 aliphatic rings. The molecular formula is C16H17N5O2. The molecule has 2 aromatic rings. The maximum atomic E-state index is 12.1. The molecule has 2 rings (SSSR count). The van der Waals surface area contributed by atoms with E-state index in [1.165, 1.54) is 12.4 Å². The van der Waals surface area contributed by atoms with Gasteiger partial charge in [-0.1, -0.05) is 12.1 Å². The van der Waals surface area contributed by atoms with Crippen LogP contribution in [0.15, 0.2) is 36.7 Å². The number of anilines is 2. The van der Waals surface area contributed by atoms with Gasteiger partial charge in [-0.3, -0.25) is 4.79 Å². The van der Waals surface area contributed by atoms with Crippen LogP contribution in [-0.2, 0) is 4.74 Å². The lowest BCUT2D eigenvalue weighted by atomic mass is 10.2. The largest absolute Gasteiger partial charge is 0.385 e. The van der Waals surface area contributed by atoms with E-state index in [-0.39, 0.29) is 5.69 Å². The summed E-state index contributed by atoms with van der Waals surface area (Å²) in [5, 5.41) is 14.8. The van der Waals surface area contributed by atoms with Gasteiger partial charge in [-0.05, 0) is 18.6 Å². The molecule has 7 heteroatoms. The van der Waals surface area contributed by atoms with Crippen molar-refractivity contribution in [2.45, 2.75) is 6.42 Å². The van der Waals surface area contributed by atoms with Gasteiger partial charge < -0.3 is 15.4 Å². The number of nitrogens with one attached hydrogen (secondary N) is 2. The highest BCUT2D eigenvalue weighted by molar-refractivity contribution is 6.03. The normalized spacial score (nSPS) is 9.91. The topological polar surface area (TPSA) is 99.9 Å². The number of aromatic nitrogens is 2. The van der Waals surface area contributed by atoms with Crippen LogP contribution in [0.2, 0.25) is 0 Å². The van der Waals surface area contributed by atoms with Gasteiger partial charge in [0.1, 0.15) is 17.6 Å². The molecule has 0 unspecified atom stereocenters. The lowest BCUT2D eigenvalue weighted by Gasteiger charge is -2.07. The third-order valence-electron chi connectivity index (χ3n) is 3.01. The second-order valence-electron chi connectivity index (χ2n) is 4.67. The maximum absolute atomic E-state index is 12.1. The van der Waals surface area contributed by atoms with Crippen molar-refractivity contribution in [3.05, 3.63) is 47.9 Å². The first-order valence-corrected chi connectivity index (χ1v) is 7.10. The van der Waals surface area contributed by atoms with Crippen molar-refractivity contribution in [2.24, 2.45) is 0 Å². The third-order valence-corrected chi connectivity index (χ3v) is 3.01. The van der Waals surface area contributed by atoms with Crippen LogP contribution in [0.3, 0.4) is 0 Å². The Hall–Kier alpha value is -2.98. The highest BCUT2D eigenvalue weighted by Gasteiger charge is 2.10. The SMILES string of the molecule is COCCCNc1cnc(C(=O)Nc2ccccc2C#N)cn1. The number of methoxy groups -OCH3 is 1. The minimum absolute atomic E-state index is 0.181. The summed E-state index contributed by atoms with van der Waals surface area (Å²) < 4.78 is 4.95. The van der Waals surface area contributed by atoms with Gasteiger partial charge >= 0.3 is 0 Å². The summed E-state index contributed by atoms with van der Waals surface area (Å²) in [7, 11) is 1.65. The van der Waals surface area contributed by atoms with E-state index in [9.17, 15) is 4.79 Å². The molecule has 1 aromatic carbocycles. The summed E-state index contributed by atoms with van der Waals surface area (Å²) >= 11 is 0.